The molecule has 1 aromatic rings. The van der Waals surface area contributed by atoms with Gasteiger partial charge in [-0.05, 0) is 43.9 Å². The smallest absolute Gasteiger partial charge is 0.254 e. The van der Waals surface area contributed by atoms with E-state index in [9.17, 15) is 9.18 Å². The van der Waals surface area contributed by atoms with Gasteiger partial charge in [0.2, 0.25) is 0 Å². The number of nitrogens with zero attached hydrogens (tertiary/aromatic N) is 1. The summed E-state index contributed by atoms with van der Waals surface area (Å²) < 4.78 is 13.5. The summed E-state index contributed by atoms with van der Waals surface area (Å²) in [4.78, 5) is 14.1. The standard InChI is InChI=1S/C14H19FN2O/c1-10-5-6-11(9-13(10)15)14(18)17(8-7-16)12-3-2-4-12/h5-6,9,12H,2-4,7-8,16H2,1H3. The molecule has 1 aromatic carbocycles. The number of amides is 1. The maximum absolute atomic E-state index is 13.5. The lowest BCUT2D eigenvalue weighted by Crippen LogP contribution is -2.46. The van der Waals surface area contributed by atoms with Crippen molar-refractivity contribution in [3.63, 3.8) is 0 Å². The molecule has 0 aromatic heterocycles. The largest absolute Gasteiger partial charge is 0.334 e. The van der Waals surface area contributed by atoms with Gasteiger partial charge in [0.25, 0.3) is 5.91 Å². The van der Waals surface area contributed by atoms with E-state index in [0.717, 1.165) is 19.3 Å². The van der Waals surface area contributed by atoms with Gasteiger partial charge < -0.3 is 10.6 Å². The van der Waals surface area contributed by atoms with Crippen molar-refractivity contribution in [3.05, 3.63) is 35.1 Å². The summed E-state index contributed by atoms with van der Waals surface area (Å²) in [6.45, 7) is 2.67. The Morgan fingerprint density at radius 2 is 2.22 bits per heavy atom. The summed E-state index contributed by atoms with van der Waals surface area (Å²) in [6, 6.07) is 4.93. The summed E-state index contributed by atoms with van der Waals surface area (Å²) in [5.74, 6) is -0.439. The second-order valence-electron chi connectivity index (χ2n) is 4.84. The molecule has 1 amide bonds. The van der Waals surface area contributed by atoms with Gasteiger partial charge in [-0.2, -0.15) is 0 Å². The molecule has 1 saturated carbocycles. The average molecular weight is 250 g/mol. The summed E-state index contributed by atoms with van der Waals surface area (Å²) in [7, 11) is 0. The molecule has 0 saturated heterocycles. The van der Waals surface area contributed by atoms with E-state index in [1.807, 2.05) is 0 Å². The quantitative estimate of drug-likeness (QED) is 0.889. The number of nitrogens with two attached hydrogens (primary N) is 1. The summed E-state index contributed by atoms with van der Waals surface area (Å²) in [5, 5.41) is 0. The van der Waals surface area contributed by atoms with E-state index in [4.69, 9.17) is 5.73 Å². The van der Waals surface area contributed by atoms with Crippen LogP contribution in [0.3, 0.4) is 0 Å². The number of benzene rings is 1. The molecular weight excluding hydrogens is 231 g/mol. The molecule has 0 heterocycles. The van der Waals surface area contributed by atoms with Gasteiger partial charge in [0.1, 0.15) is 5.82 Å². The molecular formula is C14H19FN2O. The van der Waals surface area contributed by atoms with Crippen molar-refractivity contribution in [2.24, 2.45) is 5.73 Å². The number of carbonyl (C=O) groups is 1. The Labute approximate surface area is 107 Å². The average Bonchev–Trinajstić information content (AvgIpc) is 2.29. The van der Waals surface area contributed by atoms with Crippen molar-refractivity contribution in [3.8, 4) is 0 Å². The van der Waals surface area contributed by atoms with Gasteiger partial charge in [-0.3, -0.25) is 4.79 Å². The number of rotatable bonds is 4. The van der Waals surface area contributed by atoms with Gasteiger partial charge in [-0.1, -0.05) is 6.07 Å². The topological polar surface area (TPSA) is 46.3 Å². The third-order valence-electron chi connectivity index (χ3n) is 3.57. The van der Waals surface area contributed by atoms with Crippen LogP contribution in [0.5, 0.6) is 0 Å². The highest BCUT2D eigenvalue weighted by Crippen LogP contribution is 2.26. The number of hydrogen-bond acceptors (Lipinski definition) is 2. The highest BCUT2D eigenvalue weighted by atomic mass is 19.1. The van der Waals surface area contributed by atoms with Crippen molar-refractivity contribution in [2.75, 3.05) is 13.1 Å². The van der Waals surface area contributed by atoms with E-state index in [2.05, 4.69) is 0 Å². The molecule has 0 bridgehead atoms. The summed E-state index contributed by atoms with van der Waals surface area (Å²) in [5.41, 5.74) is 6.52. The number of carbonyl (C=O) groups excluding carboxylic acids is 1. The van der Waals surface area contributed by atoms with Crippen molar-refractivity contribution in [1.82, 2.24) is 4.90 Å². The minimum absolute atomic E-state index is 0.107. The zero-order valence-corrected chi connectivity index (χ0v) is 10.7. The van der Waals surface area contributed by atoms with Crippen molar-refractivity contribution < 1.29 is 9.18 Å². The molecule has 0 radical (unpaired) electrons. The van der Waals surface area contributed by atoms with E-state index in [0.29, 0.717) is 24.2 Å². The fourth-order valence-electron chi connectivity index (χ4n) is 2.18. The molecule has 1 aliphatic rings. The first-order chi connectivity index (χ1) is 8.63. The Morgan fingerprint density at radius 1 is 1.50 bits per heavy atom. The number of aryl methyl sites for hydroxylation is 1. The van der Waals surface area contributed by atoms with Crippen molar-refractivity contribution in [1.29, 1.82) is 0 Å². The molecule has 18 heavy (non-hydrogen) atoms. The van der Waals surface area contributed by atoms with Crippen LogP contribution < -0.4 is 5.73 Å². The highest BCUT2D eigenvalue weighted by Gasteiger charge is 2.28. The van der Waals surface area contributed by atoms with Gasteiger partial charge in [0.15, 0.2) is 0 Å². The molecule has 98 valence electrons. The lowest BCUT2D eigenvalue weighted by molar-refractivity contribution is 0.0588. The zero-order valence-electron chi connectivity index (χ0n) is 10.7. The molecule has 1 aliphatic carbocycles. The molecule has 2 N–H and O–H groups in total. The van der Waals surface area contributed by atoms with Gasteiger partial charge in [-0.25, -0.2) is 4.39 Å². The number of hydrogen-bond donors (Lipinski definition) is 1. The fourth-order valence-corrected chi connectivity index (χ4v) is 2.18. The van der Waals surface area contributed by atoms with E-state index in [1.54, 1.807) is 24.0 Å². The third kappa shape index (κ3) is 2.53. The van der Waals surface area contributed by atoms with E-state index < -0.39 is 0 Å². The van der Waals surface area contributed by atoms with E-state index in [1.165, 1.54) is 6.07 Å². The highest BCUT2D eigenvalue weighted by molar-refractivity contribution is 5.94. The fraction of sp³-hybridized carbons (Fsp3) is 0.500. The Hall–Kier alpha value is -1.42. The van der Waals surface area contributed by atoms with Crippen LogP contribution in [-0.4, -0.2) is 29.9 Å². The minimum atomic E-state index is -0.331. The van der Waals surface area contributed by atoms with E-state index in [-0.39, 0.29) is 17.8 Å². The third-order valence-corrected chi connectivity index (χ3v) is 3.57. The van der Waals surface area contributed by atoms with E-state index >= 15 is 0 Å². The van der Waals surface area contributed by atoms with Crippen LogP contribution in [0.15, 0.2) is 18.2 Å². The first-order valence-electron chi connectivity index (χ1n) is 6.40. The second kappa shape index (κ2) is 5.48. The molecule has 4 heteroatoms. The monoisotopic (exact) mass is 250 g/mol. The molecule has 3 nitrogen and oxygen atoms in total. The lowest BCUT2D eigenvalue weighted by Gasteiger charge is -2.37. The molecule has 1 fully saturated rings. The van der Waals surface area contributed by atoms with Gasteiger partial charge in [0, 0.05) is 24.7 Å². The lowest BCUT2D eigenvalue weighted by atomic mass is 9.91. The predicted octanol–water partition coefficient (Wildman–Crippen LogP) is 2.09. The first kappa shape index (κ1) is 13.0. The second-order valence-corrected chi connectivity index (χ2v) is 4.84. The van der Waals surface area contributed by atoms with Crippen LogP contribution in [0.1, 0.15) is 35.2 Å². The van der Waals surface area contributed by atoms with Crippen molar-refractivity contribution >= 4 is 5.91 Å². The Balaban J connectivity index is 2.18. The van der Waals surface area contributed by atoms with Gasteiger partial charge in [-0.15, -0.1) is 0 Å². The molecule has 0 atom stereocenters. The Kier molecular flexibility index (Phi) is 3.97. The summed E-state index contributed by atoms with van der Waals surface area (Å²) >= 11 is 0. The van der Waals surface area contributed by atoms with Gasteiger partial charge >= 0.3 is 0 Å². The molecule has 2 rings (SSSR count). The van der Waals surface area contributed by atoms with Crippen LogP contribution in [0, 0.1) is 12.7 Å². The molecule has 0 spiro atoms. The SMILES string of the molecule is Cc1ccc(C(=O)N(CCN)C2CCC2)cc1F. The predicted molar refractivity (Wildman–Crippen MR) is 68.9 cm³/mol. The zero-order chi connectivity index (χ0) is 13.1. The van der Waals surface area contributed by atoms with Crippen LogP contribution in [0.25, 0.3) is 0 Å². The first-order valence-corrected chi connectivity index (χ1v) is 6.40. The Morgan fingerprint density at radius 3 is 2.72 bits per heavy atom. The van der Waals surface area contributed by atoms with Crippen LogP contribution in [-0.2, 0) is 0 Å². The molecule has 0 unspecified atom stereocenters. The normalized spacial score (nSPS) is 15.3. The number of halogens is 1. The Bertz CT molecular complexity index is 443. The van der Waals surface area contributed by atoms with Crippen LogP contribution in [0.2, 0.25) is 0 Å². The van der Waals surface area contributed by atoms with Gasteiger partial charge in [0.05, 0.1) is 0 Å². The maximum Gasteiger partial charge on any atom is 0.254 e. The van der Waals surface area contributed by atoms with Crippen LogP contribution >= 0.6 is 0 Å². The minimum Gasteiger partial charge on any atom is -0.334 e. The molecule has 0 aliphatic heterocycles. The maximum atomic E-state index is 13.5. The summed E-state index contributed by atoms with van der Waals surface area (Å²) in [6.07, 6.45) is 3.21. The van der Waals surface area contributed by atoms with Crippen molar-refractivity contribution in [2.45, 2.75) is 32.2 Å². The van der Waals surface area contributed by atoms with Crippen LogP contribution in [0.4, 0.5) is 4.39 Å².